The quantitative estimate of drug-likeness (QED) is 0.295. The second kappa shape index (κ2) is 11.4. The van der Waals surface area contributed by atoms with E-state index in [0.717, 1.165) is 54.8 Å². The topological polar surface area (TPSA) is 117 Å². The molecule has 1 aromatic heterocycles. The van der Waals surface area contributed by atoms with E-state index >= 15 is 0 Å². The molecule has 5 aromatic rings. The van der Waals surface area contributed by atoms with E-state index in [0.29, 0.717) is 10.6 Å². The molecule has 2 aliphatic heterocycles. The summed E-state index contributed by atoms with van der Waals surface area (Å²) in [4.78, 5) is 25.0. The van der Waals surface area contributed by atoms with Gasteiger partial charge in [-0.2, -0.15) is 0 Å². The van der Waals surface area contributed by atoms with Crippen LogP contribution in [-0.2, 0) is 16.6 Å². The predicted octanol–water partition coefficient (Wildman–Crippen LogP) is 4.04. The number of nitrogens with two attached hydrogens (primary N) is 1. The Labute approximate surface area is 259 Å². The van der Waals surface area contributed by atoms with E-state index in [9.17, 15) is 13.2 Å². The SMILES string of the molecule is NS(=O)(=O)c1cc2c(cc1Cl)=NC(c1ccccc1)N(c1ccc(CN3CCC(n4c(=O)[nH]c5ccccc54)CC3)cc1)C=2. The first-order chi connectivity index (χ1) is 21.2. The van der Waals surface area contributed by atoms with Crippen LogP contribution in [-0.4, -0.2) is 36.0 Å². The molecule has 1 atom stereocenters. The molecule has 1 saturated heterocycles. The smallest absolute Gasteiger partial charge is 0.321 e. The number of piperidine rings is 1. The molecule has 0 bridgehead atoms. The lowest BCUT2D eigenvalue weighted by Gasteiger charge is -2.33. The summed E-state index contributed by atoms with van der Waals surface area (Å²) < 4.78 is 26.2. The maximum atomic E-state index is 12.7. The van der Waals surface area contributed by atoms with Gasteiger partial charge in [0.15, 0.2) is 6.17 Å². The van der Waals surface area contributed by atoms with Crippen molar-refractivity contribution >= 4 is 44.5 Å². The number of aromatic amines is 1. The van der Waals surface area contributed by atoms with Gasteiger partial charge in [-0.1, -0.05) is 66.2 Å². The minimum Gasteiger partial charge on any atom is -0.321 e. The van der Waals surface area contributed by atoms with Crippen LogP contribution in [0.25, 0.3) is 17.2 Å². The summed E-state index contributed by atoms with van der Waals surface area (Å²) in [6, 6.07) is 29.4. The van der Waals surface area contributed by atoms with Crippen LogP contribution in [0.5, 0.6) is 0 Å². The molecule has 9 nitrogen and oxygen atoms in total. The van der Waals surface area contributed by atoms with Crippen LogP contribution < -0.4 is 26.3 Å². The van der Waals surface area contributed by atoms with Gasteiger partial charge in [0.2, 0.25) is 10.0 Å². The van der Waals surface area contributed by atoms with E-state index < -0.39 is 10.0 Å². The molecule has 0 amide bonds. The summed E-state index contributed by atoms with van der Waals surface area (Å²) in [5.74, 6) is 0. The fourth-order valence-electron chi connectivity index (χ4n) is 6.29. The standard InChI is InChI=1S/C33H31ClN6O3S/c34-27-19-29-24(18-31(27)44(35,42)43)21-39(32(36-29)23-6-2-1-3-7-23)25-12-10-22(11-13-25)20-38-16-14-26(15-17-38)40-30-9-5-4-8-28(30)37-33(40)41/h1-13,18-19,21,26,32H,14-17,20H2,(H,37,41)(H2,35,42,43). The Hall–Kier alpha value is -4.22. The molecular formula is C33H31ClN6O3S. The number of nitrogens with zero attached hydrogens (tertiary/aromatic N) is 4. The predicted molar refractivity (Wildman–Crippen MR) is 172 cm³/mol. The van der Waals surface area contributed by atoms with Gasteiger partial charge in [0.1, 0.15) is 4.90 Å². The van der Waals surface area contributed by atoms with Crippen LogP contribution in [0.15, 0.2) is 106 Å². The van der Waals surface area contributed by atoms with Crippen molar-refractivity contribution in [2.24, 2.45) is 10.1 Å². The number of anilines is 1. The molecular weight excluding hydrogens is 596 g/mol. The van der Waals surface area contributed by atoms with Gasteiger partial charge in [-0.25, -0.2) is 18.4 Å². The van der Waals surface area contributed by atoms with Crippen LogP contribution in [0.4, 0.5) is 5.69 Å². The average Bonchev–Trinajstić information content (AvgIpc) is 3.36. The number of halogens is 1. The number of primary sulfonamides is 1. The molecule has 0 spiro atoms. The molecule has 1 fully saturated rings. The first-order valence-corrected chi connectivity index (χ1v) is 16.4. The van der Waals surface area contributed by atoms with Crippen molar-refractivity contribution in [3.05, 3.63) is 128 Å². The summed E-state index contributed by atoms with van der Waals surface area (Å²) in [5.41, 5.74) is 4.90. The second-order valence-corrected chi connectivity index (χ2v) is 13.3. The molecule has 0 radical (unpaired) electrons. The molecule has 224 valence electrons. The number of nitrogens with one attached hydrogen (secondary N) is 1. The van der Waals surface area contributed by atoms with Gasteiger partial charge >= 0.3 is 5.69 Å². The fraction of sp³-hybridized carbons (Fsp3) is 0.212. The number of para-hydroxylation sites is 2. The van der Waals surface area contributed by atoms with Crippen molar-refractivity contribution in [2.75, 3.05) is 18.0 Å². The maximum absolute atomic E-state index is 12.7. The van der Waals surface area contributed by atoms with E-state index in [1.807, 2.05) is 70.3 Å². The molecule has 3 heterocycles. The summed E-state index contributed by atoms with van der Waals surface area (Å²) in [5, 5.41) is 6.68. The lowest BCUT2D eigenvalue weighted by Crippen LogP contribution is -2.39. The van der Waals surface area contributed by atoms with Gasteiger partial charge < -0.3 is 9.88 Å². The van der Waals surface area contributed by atoms with Crippen molar-refractivity contribution < 1.29 is 8.42 Å². The first-order valence-electron chi connectivity index (χ1n) is 14.5. The van der Waals surface area contributed by atoms with Gasteiger partial charge in [-0.15, -0.1) is 0 Å². The van der Waals surface area contributed by atoms with Gasteiger partial charge in [-0.3, -0.25) is 14.5 Å². The lowest BCUT2D eigenvalue weighted by atomic mass is 10.0. The molecule has 7 rings (SSSR count). The zero-order valence-corrected chi connectivity index (χ0v) is 25.4. The highest BCUT2D eigenvalue weighted by Gasteiger charge is 2.25. The number of imidazole rings is 1. The molecule has 2 aliphatic rings. The van der Waals surface area contributed by atoms with E-state index in [4.69, 9.17) is 21.7 Å². The van der Waals surface area contributed by atoms with E-state index in [1.165, 1.54) is 11.6 Å². The molecule has 0 aliphatic carbocycles. The minimum atomic E-state index is -4.00. The van der Waals surface area contributed by atoms with Gasteiger partial charge in [-0.05, 0) is 60.4 Å². The third-order valence-electron chi connectivity index (χ3n) is 8.48. The van der Waals surface area contributed by atoms with Crippen molar-refractivity contribution in [2.45, 2.75) is 36.5 Å². The minimum absolute atomic E-state index is 0.0399. The Morgan fingerprint density at radius 3 is 2.36 bits per heavy atom. The van der Waals surface area contributed by atoms with Crippen molar-refractivity contribution in [3.63, 3.8) is 0 Å². The van der Waals surface area contributed by atoms with Gasteiger partial charge in [0, 0.05) is 42.8 Å². The highest BCUT2D eigenvalue weighted by Crippen LogP contribution is 2.31. The summed E-state index contributed by atoms with van der Waals surface area (Å²) in [7, 11) is -4.00. The zero-order chi connectivity index (χ0) is 30.4. The number of H-pyrrole nitrogens is 1. The Balaban J connectivity index is 1.12. The Kier molecular flexibility index (Phi) is 7.37. The van der Waals surface area contributed by atoms with Crippen LogP contribution in [0.2, 0.25) is 5.02 Å². The van der Waals surface area contributed by atoms with Crippen LogP contribution in [0.3, 0.4) is 0 Å². The van der Waals surface area contributed by atoms with E-state index in [-0.39, 0.29) is 27.8 Å². The summed E-state index contributed by atoms with van der Waals surface area (Å²) >= 11 is 6.29. The third kappa shape index (κ3) is 5.46. The molecule has 11 heteroatoms. The average molecular weight is 627 g/mol. The highest BCUT2D eigenvalue weighted by molar-refractivity contribution is 7.89. The lowest BCUT2D eigenvalue weighted by molar-refractivity contribution is 0.180. The Bertz CT molecular complexity index is 2140. The van der Waals surface area contributed by atoms with Crippen LogP contribution >= 0.6 is 11.6 Å². The van der Waals surface area contributed by atoms with Crippen molar-refractivity contribution in [1.82, 2.24) is 14.5 Å². The fourth-order valence-corrected chi connectivity index (χ4v) is 7.39. The molecule has 44 heavy (non-hydrogen) atoms. The number of rotatable bonds is 6. The normalized spacial score (nSPS) is 17.7. The highest BCUT2D eigenvalue weighted by atomic mass is 35.5. The number of aromatic nitrogens is 2. The van der Waals surface area contributed by atoms with Gasteiger partial charge in [0.05, 0.1) is 21.4 Å². The number of benzene rings is 4. The van der Waals surface area contributed by atoms with Crippen LogP contribution in [0.1, 0.15) is 36.2 Å². The zero-order valence-electron chi connectivity index (χ0n) is 23.8. The number of hydrogen-bond donors (Lipinski definition) is 2. The maximum Gasteiger partial charge on any atom is 0.326 e. The van der Waals surface area contributed by atoms with Crippen molar-refractivity contribution in [3.8, 4) is 0 Å². The third-order valence-corrected chi connectivity index (χ3v) is 9.85. The first kappa shape index (κ1) is 28.5. The molecule has 3 N–H and O–H groups in total. The molecule has 0 saturated carbocycles. The number of likely N-dealkylation sites (tertiary alicyclic amines) is 1. The number of fused-ring (bicyclic) bond motifs is 2. The molecule has 4 aromatic carbocycles. The van der Waals surface area contributed by atoms with Crippen LogP contribution in [0, 0.1) is 0 Å². The Morgan fingerprint density at radius 2 is 1.64 bits per heavy atom. The summed E-state index contributed by atoms with van der Waals surface area (Å²) in [6.45, 7) is 2.61. The number of sulfonamides is 1. The largest absolute Gasteiger partial charge is 0.326 e. The van der Waals surface area contributed by atoms with E-state index in [2.05, 4.69) is 34.1 Å². The van der Waals surface area contributed by atoms with E-state index in [1.54, 1.807) is 6.07 Å². The second-order valence-electron chi connectivity index (χ2n) is 11.3. The number of hydrogen-bond acceptors (Lipinski definition) is 6. The monoisotopic (exact) mass is 626 g/mol. The van der Waals surface area contributed by atoms with Gasteiger partial charge in [0.25, 0.3) is 0 Å². The molecule has 1 unspecified atom stereocenters. The Morgan fingerprint density at radius 1 is 0.932 bits per heavy atom. The summed E-state index contributed by atoms with van der Waals surface area (Å²) in [6.07, 6.45) is 3.36. The van der Waals surface area contributed by atoms with Crippen molar-refractivity contribution in [1.29, 1.82) is 0 Å².